The second-order valence-corrected chi connectivity index (χ2v) is 7.87. The highest BCUT2D eigenvalue weighted by Gasteiger charge is 2.17. The van der Waals surface area contributed by atoms with Crippen LogP contribution in [0.4, 0.5) is 0 Å². The zero-order valence-electron chi connectivity index (χ0n) is 18.2. The Bertz CT molecular complexity index is 1410. The molecule has 0 aliphatic heterocycles. The topological polar surface area (TPSA) is 56.7 Å². The number of imidazole rings is 1. The van der Waals surface area contributed by atoms with E-state index in [9.17, 15) is 0 Å². The first-order chi connectivity index (χ1) is 15.0. The van der Waals surface area contributed by atoms with Gasteiger partial charge in [0.25, 0.3) is 0 Å². The minimum absolute atomic E-state index is 0.516. The Kier molecular flexibility index (Phi) is 4.66. The van der Waals surface area contributed by atoms with Gasteiger partial charge in [-0.25, -0.2) is 4.98 Å². The molecule has 3 aromatic carbocycles. The van der Waals surface area contributed by atoms with Crippen molar-refractivity contribution < 1.29 is 4.42 Å². The molecule has 5 heteroatoms. The second-order valence-electron chi connectivity index (χ2n) is 7.87. The lowest BCUT2D eigenvalue weighted by molar-refractivity contribution is 0.533. The quantitative estimate of drug-likeness (QED) is 0.347. The van der Waals surface area contributed by atoms with Crippen molar-refractivity contribution in [1.29, 1.82) is 0 Å². The van der Waals surface area contributed by atoms with E-state index >= 15 is 0 Å². The molecule has 31 heavy (non-hydrogen) atoms. The van der Waals surface area contributed by atoms with Crippen molar-refractivity contribution in [2.24, 2.45) is 0 Å². The summed E-state index contributed by atoms with van der Waals surface area (Å²) in [6.07, 6.45) is 0. The molecule has 0 fully saturated rings. The maximum Gasteiger partial charge on any atom is 0.247 e. The first kappa shape index (κ1) is 19.2. The van der Waals surface area contributed by atoms with Gasteiger partial charge in [-0.2, -0.15) is 0 Å². The molecule has 0 N–H and O–H groups in total. The average molecular weight is 409 g/mol. The van der Waals surface area contributed by atoms with E-state index in [0.29, 0.717) is 11.8 Å². The number of aromatic nitrogens is 4. The van der Waals surface area contributed by atoms with Crippen LogP contribution in [0.3, 0.4) is 0 Å². The van der Waals surface area contributed by atoms with Gasteiger partial charge in [-0.05, 0) is 55.7 Å². The molecule has 0 saturated heterocycles. The Morgan fingerprint density at radius 3 is 2.35 bits per heavy atom. The summed E-state index contributed by atoms with van der Waals surface area (Å²) in [5.74, 6) is 2.03. The van der Waals surface area contributed by atoms with Crippen molar-refractivity contribution in [1.82, 2.24) is 19.7 Å². The molecule has 0 unspecified atom stereocenters. The van der Waals surface area contributed by atoms with Gasteiger partial charge < -0.3 is 8.98 Å². The predicted octanol–water partition coefficient (Wildman–Crippen LogP) is 6.37. The molecular weight excluding hydrogens is 384 g/mol. The van der Waals surface area contributed by atoms with Crippen LogP contribution in [0.2, 0.25) is 0 Å². The molecule has 5 rings (SSSR count). The van der Waals surface area contributed by atoms with Gasteiger partial charge in [0.2, 0.25) is 11.8 Å². The fraction of sp³-hybridized carbons (Fsp3) is 0.192. The van der Waals surface area contributed by atoms with Crippen molar-refractivity contribution >= 4 is 11.0 Å². The molecule has 2 heterocycles. The lowest BCUT2D eigenvalue weighted by Gasteiger charge is -2.14. The molecule has 0 saturated carbocycles. The van der Waals surface area contributed by atoms with Crippen LogP contribution in [0.1, 0.15) is 23.9 Å². The van der Waals surface area contributed by atoms with Crippen molar-refractivity contribution in [3.63, 3.8) is 0 Å². The monoisotopic (exact) mass is 408 g/mol. The Balaban J connectivity index is 1.70. The van der Waals surface area contributed by atoms with E-state index in [4.69, 9.17) is 9.40 Å². The van der Waals surface area contributed by atoms with Gasteiger partial charge >= 0.3 is 0 Å². The third kappa shape index (κ3) is 3.32. The molecular formula is C26H24N4O. The number of aryl methyl sites for hydroxylation is 4. The number of hydrogen-bond acceptors (Lipinski definition) is 4. The fourth-order valence-electron chi connectivity index (χ4n) is 4.23. The molecule has 0 aliphatic carbocycles. The van der Waals surface area contributed by atoms with Crippen LogP contribution < -0.4 is 0 Å². The van der Waals surface area contributed by atoms with Crippen LogP contribution in [0.5, 0.6) is 0 Å². The molecule has 0 aliphatic rings. The lowest BCUT2D eigenvalue weighted by atomic mass is 9.94. The Morgan fingerprint density at radius 2 is 1.65 bits per heavy atom. The minimum Gasteiger partial charge on any atom is -0.421 e. The number of hydrogen-bond donors (Lipinski definition) is 0. The number of rotatable bonds is 4. The first-order valence-electron chi connectivity index (χ1n) is 10.5. The summed E-state index contributed by atoms with van der Waals surface area (Å²) in [6.45, 7) is 9.07. The molecule has 0 radical (unpaired) electrons. The van der Waals surface area contributed by atoms with E-state index < -0.39 is 0 Å². The lowest BCUT2D eigenvalue weighted by Crippen LogP contribution is -1.99. The Morgan fingerprint density at radius 1 is 0.839 bits per heavy atom. The van der Waals surface area contributed by atoms with Gasteiger partial charge in [0.15, 0.2) is 0 Å². The van der Waals surface area contributed by atoms with E-state index in [-0.39, 0.29) is 0 Å². The van der Waals surface area contributed by atoms with E-state index in [1.165, 1.54) is 22.3 Å². The molecule has 0 amide bonds. The van der Waals surface area contributed by atoms with Gasteiger partial charge in [0, 0.05) is 24.6 Å². The van der Waals surface area contributed by atoms with Gasteiger partial charge in [-0.15, -0.1) is 10.2 Å². The summed E-state index contributed by atoms with van der Waals surface area (Å²) in [5.41, 5.74) is 8.97. The maximum atomic E-state index is 5.61. The Hall–Kier alpha value is -3.73. The summed E-state index contributed by atoms with van der Waals surface area (Å²) in [6, 6.07) is 21.2. The van der Waals surface area contributed by atoms with Crippen LogP contribution >= 0.6 is 0 Å². The molecule has 0 atom stereocenters. The Labute approximate surface area is 181 Å². The first-order valence-corrected chi connectivity index (χ1v) is 10.5. The zero-order chi connectivity index (χ0) is 21.5. The van der Waals surface area contributed by atoms with E-state index in [0.717, 1.165) is 34.5 Å². The van der Waals surface area contributed by atoms with Crippen molar-refractivity contribution in [2.45, 2.75) is 34.2 Å². The minimum atomic E-state index is 0.516. The third-order valence-corrected chi connectivity index (χ3v) is 5.68. The van der Waals surface area contributed by atoms with Crippen molar-refractivity contribution in [3.8, 4) is 34.0 Å². The van der Waals surface area contributed by atoms with E-state index in [1.807, 2.05) is 12.1 Å². The smallest absolute Gasteiger partial charge is 0.247 e. The van der Waals surface area contributed by atoms with Gasteiger partial charge in [0.1, 0.15) is 5.82 Å². The number of fused-ring (bicyclic) bond motifs is 1. The number of benzene rings is 3. The molecule has 154 valence electrons. The maximum absolute atomic E-state index is 5.61. The van der Waals surface area contributed by atoms with Crippen LogP contribution in [0.25, 0.3) is 45.0 Å². The summed E-state index contributed by atoms with van der Waals surface area (Å²) < 4.78 is 7.87. The average Bonchev–Trinajstić information content (AvgIpc) is 3.36. The van der Waals surface area contributed by atoms with Crippen molar-refractivity contribution in [3.05, 3.63) is 77.7 Å². The third-order valence-electron chi connectivity index (χ3n) is 5.68. The predicted molar refractivity (Wildman–Crippen MR) is 124 cm³/mol. The molecule has 2 aromatic heterocycles. The van der Waals surface area contributed by atoms with Crippen LogP contribution in [-0.2, 0) is 6.54 Å². The highest BCUT2D eigenvalue weighted by molar-refractivity contribution is 5.89. The summed E-state index contributed by atoms with van der Waals surface area (Å²) in [7, 11) is 0. The second kappa shape index (κ2) is 7.51. The standard InChI is InChI=1S/C26H24N4O/c1-5-30-24-13-11-19(26-29-28-18(4)31-26)15-23(24)27-25(30)22-9-7-6-8-21(22)20-12-10-16(2)14-17(20)3/h6-15H,5H2,1-4H3. The van der Waals surface area contributed by atoms with Gasteiger partial charge in [-0.3, -0.25) is 0 Å². The van der Waals surface area contributed by atoms with E-state index in [1.54, 1.807) is 6.92 Å². The zero-order valence-corrected chi connectivity index (χ0v) is 18.2. The highest BCUT2D eigenvalue weighted by Crippen LogP contribution is 2.36. The summed E-state index contributed by atoms with van der Waals surface area (Å²) in [5, 5.41) is 8.10. The van der Waals surface area contributed by atoms with Crippen LogP contribution in [-0.4, -0.2) is 19.7 Å². The molecule has 5 aromatic rings. The normalized spacial score (nSPS) is 11.4. The summed E-state index contributed by atoms with van der Waals surface area (Å²) in [4.78, 5) is 5.05. The highest BCUT2D eigenvalue weighted by atomic mass is 16.4. The van der Waals surface area contributed by atoms with E-state index in [2.05, 4.69) is 84.1 Å². The van der Waals surface area contributed by atoms with Crippen LogP contribution in [0.15, 0.2) is 65.1 Å². The summed E-state index contributed by atoms with van der Waals surface area (Å²) >= 11 is 0. The largest absolute Gasteiger partial charge is 0.421 e. The molecule has 0 bridgehead atoms. The SMILES string of the molecule is CCn1c(-c2ccccc2-c2ccc(C)cc2C)nc2cc(-c3nnc(C)o3)ccc21. The van der Waals surface area contributed by atoms with Crippen molar-refractivity contribution in [2.75, 3.05) is 0 Å². The van der Waals surface area contributed by atoms with Gasteiger partial charge in [0.05, 0.1) is 11.0 Å². The van der Waals surface area contributed by atoms with Crippen LogP contribution in [0, 0.1) is 20.8 Å². The molecule has 5 nitrogen and oxygen atoms in total. The van der Waals surface area contributed by atoms with Gasteiger partial charge in [-0.1, -0.05) is 48.0 Å². The molecule has 0 spiro atoms. The number of nitrogens with zero attached hydrogens (tertiary/aromatic N) is 4. The fourth-order valence-corrected chi connectivity index (χ4v) is 4.23.